The van der Waals surface area contributed by atoms with E-state index in [0.717, 1.165) is 38.6 Å². The summed E-state index contributed by atoms with van der Waals surface area (Å²) in [7, 11) is 0. The van der Waals surface area contributed by atoms with Crippen LogP contribution in [0.2, 0.25) is 0 Å². The number of unbranched alkanes of at least 4 members (excludes halogenated alkanes) is 7. The van der Waals surface area contributed by atoms with Crippen LogP contribution in [0.25, 0.3) is 0 Å². The van der Waals surface area contributed by atoms with Gasteiger partial charge in [0, 0.05) is 19.4 Å². The van der Waals surface area contributed by atoms with Crippen molar-refractivity contribution in [3.8, 4) is 0 Å². The van der Waals surface area contributed by atoms with Crippen LogP contribution in [0.15, 0.2) is 0 Å². The average Bonchev–Trinajstić information content (AvgIpc) is 2.38. The molecule has 19 heavy (non-hydrogen) atoms. The van der Waals surface area contributed by atoms with Crippen LogP contribution in [0.1, 0.15) is 77.6 Å². The summed E-state index contributed by atoms with van der Waals surface area (Å²) in [6, 6.07) is 0. The van der Waals surface area contributed by atoms with Gasteiger partial charge in [-0.25, -0.2) is 0 Å². The lowest BCUT2D eigenvalue weighted by Gasteiger charge is -2.03. The molecule has 0 aromatic carbocycles. The third kappa shape index (κ3) is 14.9. The summed E-state index contributed by atoms with van der Waals surface area (Å²) in [6.45, 7) is 2.86. The highest BCUT2D eigenvalue weighted by atomic mass is 16.1. The van der Waals surface area contributed by atoms with Crippen molar-refractivity contribution in [1.29, 1.82) is 0 Å². The highest BCUT2D eigenvalue weighted by Gasteiger charge is 1.99. The first-order chi connectivity index (χ1) is 9.16. The number of nitrogens with two attached hydrogens (primary N) is 1. The molecule has 0 aliphatic rings. The molecule has 0 radical (unpaired) electrons. The molecule has 0 rings (SSSR count). The Labute approximate surface area is 117 Å². The van der Waals surface area contributed by atoms with Crippen LogP contribution in [-0.4, -0.2) is 18.4 Å². The van der Waals surface area contributed by atoms with Gasteiger partial charge in [-0.1, -0.05) is 45.4 Å². The summed E-state index contributed by atoms with van der Waals surface area (Å²) in [4.78, 5) is 21.8. The van der Waals surface area contributed by atoms with E-state index >= 15 is 0 Å². The van der Waals surface area contributed by atoms with E-state index < -0.39 is 0 Å². The van der Waals surface area contributed by atoms with E-state index in [4.69, 9.17) is 5.73 Å². The first-order valence-corrected chi connectivity index (χ1v) is 7.71. The van der Waals surface area contributed by atoms with Crippen molar-refractivity contribution < 1.29 is 9.59 Å². The van der Waals surface area contributed by atoms with Gasteiger partial charge < -0.3 is 11.1 Å². The molecule has 0 aliphatic heterocycles. The standard InChI is InChI=1S/C15H30N2O2/c1-2-13-17-15(19)12-10-8-6-4-3-5-7-9-11-14(16)18/h2-13H2,1H3,(H2,16,18)(H,17,19). The number of carbonyl (C=O) groups excluding carboxylic acids is 2. The fourth-order valence-electron chi connectivity index (χ4n) is 2.00. The molecule has 3 N–H and O–H groups in total. The van der Waals surface area contributed by atoms with Gasteiger partial charge in [0.25, 0.3) is 0 Å². The van der Waals surface area contributed by atoms with Crippen molar-refractivity contribution in [3.63, 3.8) is 0 Å². The van der Waals surface area contributed by atoms with Gasteiger partial charge in [0.1, 0.15) is 0 Å². The molecule has 0 aliphatic carbocycles. The summed E-state index contributed by atoms with van der Waals surface area (Å²) in [5, 5.41) is 2.89. The minimum atomic E-state index is -0.193. The second-order valence-electron chi connectivity index (χ2n) is 5.14. The highest BCUT2D eigenvalue weighted by molar-refractivity contribution is 5.75. The van der Waals surface area contributed by atoms with Crippen LogP contribution in [0.4, 0.5) is 0 Å². The van der Waals surface area contributed by atoms with Gasteiger partial charge in [-0.15, -0.1) is 0 Å². The molecule has 0 fully saturated rings. The van der Waals surface area contributed by atoms with Gasteiger partial charge in [-0.05, 0) is 19.3 Å². The lowest BCUT2D eigenvalue weighted by molar-refractivity contribution is -0.121. The minimum Gasteiger partial charge on any atom is -0.370 e. The zero-order chi connectivity index (χ0) is 14.3. The molecular formula is C15H30N2O2. The molecule has 0 bridgehead atoms. The summed E-state index contributed by atoms with van der Waals surface area (Å²) < 4.78 is 0. The van der Waals surface area contributed by atoms with E-state index in [1.807, 2.05) is 0 Å². The zero-order valence-electron chi connectivity index (χ0n) is 12.4. The predicted molar refractivity (Wildman–Crippen MR) is 78.7 cm³/mol. The normalized spacial score (nSPS) is 10.4. The van der Waals surface area contributed by atoms with Crippen LogP contribution >= 0.6 is 0 Å². The Bertz CT molecular complexity index is 242. The molecule has 0 spiro atoms. The Morgan fingerprint density at radius 2 is 1.32 bits per heavy atom. The fourth-order valence-corrected chi connectivity index (χ4v) is 2.00. The van der Waals surface area contributed by atoms with Crippen molar-refractivity contribution in [2.24, 2.45) is 5.73 Å². The number of hydrogen-bond donors (Lipinski definition) is 2. The smallest absolute Gasteiger partial charge is 0.219 e. The lowest BCUT2D eigenvalue weighted by atomic mass is 10.1. The number of rotatable bonds is 13. The number of amides is 2. The summed E-state index contributed by atoms with van der Waals surface area (Å²) >= 11 is 0. The number of carbonyl (C=O) groups is 2. The first-order valence-electron chi connectivity index (χ1n) is 7.71. The van der Waals surface area contributed by atoms with Crippen LogP contribution in [0.3, 0.4) is 0 Å². The minimum absolute atomic E-state index is 0.188. The van der Waals surface area contributed by atoms with Gasteiger partial charge in [0.2, 0.25) is 11.8 Å². The van der Waals surface area contributed by atoms with Crippen LogP contribution in [0.5, 0.6) is 0 Å². The van der Waals surface area contributed by atoms with Crippen molar-refractivity contribution in [2.45, 2.75) is 77.6 Å². The SMILES string of the molecule is CCCNC(=O)CCCCCCCCCCC(N)=O. The number of nitrogens with one attached hydrogen (secondary N) is 1. The first kappa shape index (κ1) is 17.9. The van der Waals surface area contributed by atoms with Gasteiger partial charge >= 0.3 is 0 Å². The number of primary amides is 1. The van der Waals surface area contributed by atoms with E-state index in [0.29, 0.717) is 12.8 Å². The highest BCUT2D eigenvalue weighted by Crippen LogP contribution is 2.10. The van der Waals surface area contributed by atoms with E-state index in [-0.39, 0.29) is 11.8 Å². The second kappa shape index (κ2) is 13.4. The summed E-state index contributed by atoms with van der Waals surface area (Å²) in [6.07, 6.45) is 11.2. The van der Waals surface area contributed by atoms with Gasteiger partial charge in [-0.3, -0.25) is 9.59 Å². The van der Waals surface area contributed by atoms with E-state index in [1.54, 1.807) is 0 Å². The maximum atomic E-state index is 11.3. The zero-order valence-corrected chi connectivity index (χ0v) is 12.4. The molecule has 0 aromatic heterocycles. The average molecular weight is 270 g/mol. The van der Waals surface area contributed by atoms with Crippen molar-refractivity contribution in [3.05, 3.63) is 0 Å². The molecule has 0 aromatic rings. The Morgan fingerprint density at radius 3 is 1.79 bits per heavy atom. The van der Waals surface area contributed by atoms with Crippen LogP contribution in [-0.2, 0) is 9.59 Å². The monoisotopic (exact) mass is 270 g/mol. The Balaban J connectivity index is 3.10. The molecular weight excluding hydrogens is 240 g/mol. The lowest BCUT2D eigenvalue weighted by Crippen LogP contribution is -2.23. The van der Waals surface area contributed by atoms with E-state index in [1.165, 1.54) is 25.7 Å². The molecule has 4 heteroatoms. The maximum Gasteiger partial charge on any atom is 0.219 e. The van der Waals surface area contributed by atoms with Gasteiger partial charge in [0.15, 0.2) is 0 Å². The van der Waals surface area contributed by atoms with Crippen LogP contribution < -0.4 is 11.1 Å². The summed E-state index contributed by atoms with van der Waals surface area (Å²) in [5.74, 6) is -0.00495. The van der Waals surface area contributed by atoms with Crippen molar-refractivity contribution in [2.75, 3.05) is 6.54 Å². The molecule has 4 nitrogen and oxygen atoms in total. The third-order valence-electron chi connectivity index (χ3n) is 3.15. The fraction of sp³-hybridized carbons (Fsp3) is 0.867. The van der Waals surface area contributed by atoms with Gasteiger partial charge in [0.05, 0.1) is 0 Å². The molecule has 0 heterocycles. The Kier molecular flexibility index (Phi) is 12.6. The Morgan fingerprint density at radius 1 is 0.842 bits per heavy atom. The molecule has 2 amide bonds. The van der Waals surface area contributed by atoms with Crippen molar-refractivity contribution in [1.82, 2.24) is 5.32 Å². The van der Waals surface area contributed by atoms with Crippen LogP contribution in [0, 0.1) is 0 Å². The maximum absolute atomic E-state index is 11.3. The second-order valence-corrected chi connectivity index (χ2v) is 5.14. The quantitative estimate of drug-likeness (QED) is 0.505. The molecule has 112 valence electrons. The van der Waals surface area contributed by atoms with E-state index in [9.17, 15) is 9.59 Å². The van der Waals surface area contributed by atoms with Crippen molar-refractivity contribution >= 4 is 11.8 Å². The molecule has 0 saturated heterocycles. The van der Waals surface area contributed by atoms with Gasteiger partial charge in [-0.2, -0.15) is 0 Å². The Hall–Kier alpha value is -1.06. The third-order valence-corrected chi connectivity index (χ3v) is 3.15. The predicted octanol–water partition coefficient (Wildman–Crippen LogP) is 2.90. The number of hydrogen-bond acceptors (Lipinski definition) is 2. The van der Waals surface area contributed by atoms with E-state index in [2.05, 4.69) is 12.2 Å². The summed E-state index contributed by atoms with van der Waals surface area (Å²) in [5.41, 5.74) is 5.07. The topological polar surface area (TPSA) is 72.2 Å². The molecule has 0 atom stereocenters. The molecule has 0 saturated carbocycles. The largest absolute Gasteiger partial charge is 0.370 e. The molecule has 0 unspecified atom stereocenters.